The van der Waals surface area contributed by atoms with Gasteiger partial charge in [0.1, 0.15) is 13.2 Å². The number of carbonyl (C=O) groups is 3. The van der Waals surface area contributed by atoms with Gasteiger partial charge < -0.3 is 14.2 Å². The molecule has 1 atom stereocenters. The van der Waals surface area contributed by atoms with Gasteiger partial charge in [0.2, 0.25) is 0 Å². The van der Waals surface area contributed by atoms with Crippen LogP contribution in [0.5, 0.6) is 0 Å². The Kier molecular flexibility index (Phi) is 44.5. The summed E-state index contributed by atoms with van der Waals surface area (Å²) >= 11 is 0. The third-order valence-electron chi connectivity index (χ3n) is 10.2. The van der Waals surface area contributed by atoms with E-state index in [1.54, 1.807) is 0 Å². The van der Waals surface area contributed by atoms with Crippen LogP contribution in [0.4, 0.5) is 0 Å². The second-order valence-electron chi connectivity index (χ2n) is 16.0. The molecular formula is C52H90O6. The summed E-state index contributed by atoms with van der Waals surface area (Å²) in [7, 11) is 0. The van der Waals surface area contributed by atoms with Crippen molar-refractivity contribution in [3.8, 4) is 0 Å². The number of carbonyl (C=O) groups excluding carboxylic acids is 3. The number of ether oxygens (including phenoxy) is 3. The summed E-state index contributed by atoms with van der Waals surface area (Å²) < 4.78 is 16.7. The van der Waals surface area contributed by atoms with Crippen molar-refractivity contribution in [1.82, 2.24) is 0 Å². The van der Waals surface area contributed by atoms with Crippen molar-refractivity contribution in [2.45, 2.75) is 239 Å². The van der Waals surface area contributed by atoms with Gasteiger partial charge in [-0.3, -0.25) is 14.4 Å². The molecule has 0 radical (unpaired) electrons. The minimum absolute atomic E-state index is 0.0943. The number of hydrogen-bond donors (Lipinski definition) is 0. The Morgan fingerprint density at radius 2 is 0.638 bits per heavy atom. The lowest BCUT2D eigenvalue weighted by Gasteiger charge is -2.18. The Morgan fingerprint density at radius 1 is 0.345 bits per heavy atom. The van der Waals surface area contributed by atoms with Crippen LogP contribution >= 0.6 is 0 Å². The molecule has 0 amide bonds. The zero-order valence-corrected chi connectivity index (χ0v) is 38.0. The molecule has 0 unspecified atom stereocenters. The third-order valence-corrected chi connectivity index (χ3v) is 10.2. The highest BCUT2D eigenvalue weighted by molar-refractivity contribution is 5.71. The molecule has 334 valence electrons. The topological polar surface area (TPSA) is 78.9 Å². The Balaban J connectivity index is 4.46. The Morgan fingerprint density at radius 3 is 1.10 bits per heavy atom. The SMILES string of the molecule is CCCC/C=C\CCCCCCCC(=O)OC[C@H](COC(=O)CCCC/C=C\C/C=C\C/C=C\CCCCC)OC(=O)CCCCCCC/C=C\CCCCCCC. The van der Waals surface area contributed by atoms with Crippen LogP contribution in [0.3, 0.4) is 0 Å². The first kappa shape index (κ1) is 55.1. The maximum absolute atomic E-state index is 12.7. The number of esters is 3. The Labute approximate surface area is 358 Å². The van der Waals surface area contributed by atoms with Crippen molar-refractivity contribution in [1.29, 1.82) is 0 Å². The molecule has 58 heavy (non-hydrogen) atoms. The summed E-state index contributed by atoms with van der Waals surface area (Å²) in [6, 6.07) is 0. The van der Waals surface area contributed by atoms with Crippen LogP contribution in [0.15, 0.2) is 60.8 Å². The molecule has 6 heteroatoms. The number of hydrogen-bond acceptors (Lipinski definition) is 6. The standard InChI is InChI=1S/C52H90O6/c1-4-7-10-13-16-19-22-24-26-28-30-33-36-39-42-45-51(54)57-48-49(47-56-50(53)44-41-38-35-32-29-21-18-15-12-9-6-3)58-52(55)46-43-40-37-34-31-27-25-23-20-17-14-11-8-5-2/h15-16,18-19,23-26,30,33,49H,4-14,17,20-22,27-29,31-32,34-48H2,1-3H3/b18-15-,19-16-,25-23-,26-24-,33-30-/t49-/m1/s1. The summed E-state index contributed by atoms with van der Waals surface area (Å²) in [6.45, 7) is 6.50. The fourth-order valence-electron chi connectivity index (χ4n) is 6.48. The predicted octanol–water partition coefficient (Wildman–Crippen LogP) is 15.7. The molecule has 0 heterocycles. The molecule has 0 rings (SSSR count). The highest BCUT2D eigenvalue weighted by Crippen LogP contribution is 2.13. The van der Waals surface area contributed by atoms with E-state index in [1.807, 2.05) is 0 Å². The lowest BCUT2D eigenvalue weighted by molar-refractivity contribution is -0.167. The largest absolute Gasteiger partial charge is 0.462 e. The van der Waals surface area contributed by atoms with Crippen LogP contribution in [0.1, 0.15) is 233 Å². The van der Waals surface area contributed by atoms with Crippen molar-refractivity contribution in [3.63, 3.8) is 0 Å². The average molecular weight is 811 g/mol. The zero-order valence-electron chi connectivity index (χ0n) is 38.0. The Hall–Kier alpha value is -2.89. The van der Waals surface area contributed by atoms with Crippen LogP contribution in [0.25, 0.3) is 0 Å². The quantitative estimate of drug-likeness (QED) is 0.0264. The van der Waals surface area contributed by atoms with Crippen LogP contribution in [-0.2, 0) is 28.6 Å². The van der Waals surface area contributed by atoms with E-state index in [2.05, 4.69) is 81.5 Å². The van der Waals surface area contributed by atoms with Gasteiger partial charge in [-0.25, -0.2) is 0 Å². The lowest BCUT2D eigenvalue weighted by Crippen LogP contribution is -2.30. The van der Waals surface area contributed by atoms with E-state index >= 15 is 0 Å². The maximum atomic E-state index is 12.7. The van der Waals surface area contributed by atoms with E-state index < -0.39 is 6.10 Å². The van der Waals surface area contributed by atoms with E-state index in [0.717, 1.165) is 89.9 Å². The van der Waals surface area contributed by atoms with Gasteiger partial charge in [-0.05, 0) is 103 Å². The molecule has 0 aliphatic carbocycles. The molecule has 0 saturated heterocycles. The van der Waals surface area contributed by atoms with Crippen molar-refractivity contribution < 1.29 is 28.6 Å². The van der Waals surface area contributed by atoms with Gasteiger partial charge in [0, 0.05) is 19.3 Å². The highest BCUT2D eigenvalue weighted by Gasteiger charge is 2.19. The van der Waals surface area contributed by atoms with Gasteiger partial charge in [0.15, 0.2) is 6.10 Å². The maximum Gasteiger partial charge on any atom is 0.306 e. The van der Waals surface area contributed by atoms with Crippen LogP contribution in [0, 0.1) is 0 Å². The fourth-order valence-corrected chi connectivity index (χ4v) is 6.48. The average Bonchev–Trinajstić information content (AvgIpc) is 3.22. The van der Waals surface area contributed by atoms with Crippen molar-refractivity contribution >= 4 is 17.9 Å². The Bertz CT molecular complexity index is 1070. The minimum atomic E-state index is -0.795. The minimum Gasteiger partial charge on any atom is -0.462 e. The molecule has 0 bridgehead atoms. The van der Waals surface area contributed by atoms with E-state index in [4.69, 9.17) is 14.2 Å². The van der Waals surface area contributed by atoms with Crippen molar-refractivity contribution in [2.75, 3.05) is 13.2 Å². The molecule has 0 aliphatic rings. The van der Waals surface area contributed by atoms with Gasteiger partial charge in [-0.2, -0.15) is 0 Å². The molecule has 0 aromatic heterocycles. The smallest absolute Gasteiger partial charge is 0.306 e. The zero-order chi connectivity index (χ0) is 42.3. The van der Waals surface area contributed by atoms with Crippen LogP contribution in [0.2, 0.25) is 0 Å². The van der Waals surface area contributed by atoms with Crippen molar-refractivity contribution in [3.05, 3.63) is 60.8 Å². The highest BCUT2D eigenvalue weighted by atomic mass is 16.6. The summed E-state index contributed by atoms with van der Waals surface area (Å²) in [5, 5.41) is 0. The number of unbranched alkanes of at least 4 members (excludes halogenated alkanes) is 22. The molecule has 0 aliphatic heterocycles. The number of allylic oxidation sites excluding steroid dienone is 10. The third kappa shape index (κ3) is 44.2. The van der Waals surface area contributed by atoms with E-state index in [9.17, 15) is 14.4 Å². The molecule has 0 spiro atoms. The summed E-state index contributed by atoms with van der Waals surface area (Å²) in [6.07, 6.45) is 56.3. The summed E-state index contributed by atoms with van der Waals surface area (Å²) in [5.41, 5.74) is 0. The van der Waals surface area contributed by atoms with Gasteiger partial charge in [0.25, 0.3) is 0 Å². The van der Waals surface area contributed by atoms with Gasteiger partial charge in [0.05, 0.1) is 0 Å². The second kappa shape index (κ2) is 46.8. The predicted molar refractivity (Wildman–Crippen MR) is 247 cm³/mol. The van der Waals surface area contributed by atoms with E-state index in [0.29, 0.717) is 19.3 Å². The molecule has 6 nitrogen and oxygen atoms in total. The second-order valence-corrected chi connectivity index (χ2v) is 16.0. The molecule has 0 fully saturated rings. The van der Waals surface area contributed by atoms with E-state index in [1.165, 1.54) is 103 Å². The first-order valence-corrected chi connectivity index (χ1v) is 24.3. The monoisotopic (exact) mass is 811 g/mol. The van der Waals surface area contributed by atoms with Gasteiger partial charge in [-0.15, -0.1) is 0 Å². The molecule has 0 saturated carbocycles. The fraction of sp³-hybridized carbons (Fsp3) is 0.750. The lowest BCUT2D eigenvalue weighted by atomic mass is 10.1. The van der Waals surface area contributed by atoms with Crippen molar-refractivity contribution in [2.24, 2.45) is 0 Å². The first-order chi connectivity index (χ1) is 28.5. The van der Waals surface area contributed by atoms with Crippen LogP contribution in [-0.4, -0.2) is 37.2 Å². The molecular weight excluding hydrogens is 721 g/mol. The molecule has 0 aromatic carbocycles. The van der Waals surface area contributed by atoms with Crippen LogP contribution < -0.4 is 0 Å². The van der Waals surface area contributed by atoms with Gasteiger partial charge in [-0.1, -0.05) is 171 Å². The molecule has 0 aromatic rings. The number of rotatable bonds is 43. The summed E-state index contributed by atoms with van der Waals surface area (Å²) in [4.78, 5) is 37.8. The van der Waals surface area contributed by atoms with E-state index in [-0.39, 0.29) is 31.1 Å². The van der Waals surface area contributed by atoms with Gasteiger partial charge >= 0.3 is 17.9 Å². The first-order valence-electron chi connectivity index (χ1n) is 24.3. The molecule has 0 N–H and O–H groups in total. The normalized spacial score (nSPS) is 12.5. The summed E-state index contributed by atoms with van der Waals surface area (Å²) in [5.74, 6) is -0.953.